The molecule has 1 unspecified atom stereocenters. The lowest BCUT2D eigenvalue weighted by Crippen LogP contribution is -2.42. The normalized spacial score (nSPS) is 25.3. The molecule has 1 aromatic rings. The number of carboxylic acids is 1. The highest BCUT2D eigenvalue weighted by molar-refractivity contribution is 7.17. The van der Waals surface area contributed by atoms with Crippen molar-refractivity contribution in [2.24, 2.45) is 0 Å². The van der Waals surface area contributed by atoms with E-state index in [0.717, 1.165) is 30.8 Å². The molecule has 2 heterocycles. The van der Waals surface area contributed by atoms with E-state index in [1.807, 2.05) is 0 Å². The van der Waals surface area contributed by atoms with Crippen LogP contribution in [0.2, 0.25) is 0 Å². The summed E-state index contributed by atoms with van der Waals surface area (Å²) < 4.78 is 5.41. The van der Waals surface area contributed by atoms with Gasteiger partial charge in [-0.05, 0) is 19.8 Å². The number of nitrogens with one attached hydrogen (secondary N) is 1. The Morgan fingerprint density at radius 1 is 1.75 bits per heavy atom. The molecular formula is C10H14N2O3S. The number of rotatable bonds is 3. The fourth-order valence-electron chi connectivity index (χ4n) is 1.72. The van der Waals surface area contributed by atoms with Gasteiger partial charge in [0.05, 0.1) is 18.3 Å². The van der Waals surface area contributed by atoms with Gasteiger partial charge < -0.3 is 15.2 Å². The minimum absolute atomic E-state index is 0.133. The third-order valence-electron chi connectivity index (χ3n) is 2.56. The first-order valence-electron chi connectivity index (χ1n) is 5.14. The number of carboxylic acid groups (broad SMARTS) is 1. The second-order valence-electron chi connectivity index (χ2n) is 4.18. The van der Waals surface area contributed by atoms with Crippen LogP contribution in [0.25, 0.3) is 0 Å². The van der Waals surface area contributed by atoms with Crippen LogP contribution in [0.4, 0.5) is 5.13 Å². The molecule has 0 bridgehead atoms. The van der Waals surface area contributed by atoms with Crippen LogP contribution in [-0.4, -0.2) is 34.8 Å². The van der Waals surface area contributed by atoms with Crippen LogP contribution in [0, 0.1) is 0 Å². The van der Waals surface area contributed by atoms with Gasteiger partial charge in [-0.15, -0.1) is 0 Å². The van der Waals surface area contributed by atoms with E-state index in [0.29, 0.717) is 11.7 Å². The van der Waals surface area contributed by atoms with Crippen LogP contribution in [0.1, 0.15) is 29.4 Å². The van der Waals surface area contributed by atoms with E-state index in [-0.39, 0.29) is 10.4 Å². The second kappa shape index (κ2) is 4.39. The largest absolute Gasteiger partial charge is 0.477 e. The Morgan fingerprint density at radius 2 is 2.56 bits per heavy atom. The Bertz CT molecular complexity index is 385. The van der Waals surface area contributed by atoms with Crippen LogP contribution >= 0.6 is 11.3 Å². The molecule has 0 aliphatic carbocycles. The predicted molar refractivity (Wildman–Crippen MR) is 61.2 cm³/mol. The lowest BCUT2D eigenvalue weighted by Gasteiger charge is -2.34. The molecule has 2 rings (SSSR count). The van der Waals surface area contributed by atoms with Gasteiger partial charge in [-0.1, -0.05) is 11.3 Å². The Hall–Kier alpha value is -1.14. The molecular weight excluding hydrogens is 228 g/mol. The van der Waals surface area contributed by atoms with Crippen molar-refractivity contribution >= 4 is 22.4 Å². The molecule has 0 aromatic carbocycles. The van der Waals surface area contributed by atoms with E-state index >= 15 is 0 Å². The monoisotopic (exact) mass is 242 g/mol. The number of anilines is 1. The van der Waals surface area contributed by atoms with E-state index in [1.165, 1.54) is 6.20 Å². The first kappa shape index (κ1) is 11.3. The quantitative estimate of drug-likeness (QED) is 0.846. The fraction of sp³-hybridized carbons (Fsp3) is 0.600. The van der Waals surface area contributed by atoms with Crippen LogP contribution in [-0.2, 0) is 4.74 Å². The van der Waals surface area contributed by atoms with Gasteiger partial charge in [0.1, 0.15) is 4.88 Å². The minimum Gasteiger partial charge on any atom is -0.477 e. The van der Waals surface area contributed by atoms with Gasteiger partial charge in [-0.3, -0.25) is 0 Å². The molecule has 1 fully saturated rings. The first-order valence-corrected chi connectivity index (χ1v) is 5.96. The lowest BCUT2D eigenvalue weighted by molar-refractivity contribution is 0.0540. The lowest BCUT2D eigenvalue weighted by atomic mass is 9.95. The molecule has 88 valence electrons. The number of carbonyl (C=O) groups is 1. The van der Waals surface area contributed by atoms with Gasteiger partial charge in [-0.2, -0.15) is 0 Å². The van der Waals surface area contributed by atoms with E-state index in [4.69, 9.17) is 9.84 Å². The standard InChI is InChI=1S/C10H14N2O3S/c1-10(3-2-4-15-6-10)12-9-11-5-7(16-9)8(13)14/h5H,2-4,6H2,1H3,(H,11,12)(H,13,14). The summed E-state index contributed by atoms with van der Waals surface area (Å²) in [6.45, 7) is 3.50. The van der Waals surface area contributed by atoms with Crippen molar-refractivity contribution in [3.63, 3.8) is 0 Å². The number of ether oxygens (including phenoxy) is 1. The topological polar surface area (TPSA) is 71.5 Å². The molecule has 1 saturated heterocycles. The third kappa shape index (κ3) is 2.51. The summed E-state index contributed by atoms with van der Waals surface area (Å²) in [5.41, 5.74) is -0.133. The van der Waals surface area contributed by atoms with Crippen molar-refractivity contribution in [2.75, 3.05) is 18.5 Å². The summed E-state index contributed by atoms with van der Waals surface area (Å²) in [5, 5.41) is 12.7. The van der Waals surface area contributed by atoms with Crippen LogP contribution < -0.4 is 5.32 Å². The van der Waals surface area contributed by atoms with Crippen LogP contribution in [0.5, 0.6) is 0 Å². The third-order valence-corrected chi connectivity index (χ3v) is 3.46. The number of hydrogen-bond donors (Lipinski definition) is 2. The van der Waals surface area contributed by atoms with Crippen molar-refractivity contribution in [3.8, 4) is 0 Å². The number of aromatic carboxylic acids is 1. The highest BCUT2D eigenvalue weighted by Crippen LogP contribution is 2.26. The Morgan fingerprint density at radius 3 is 3.12 bits per heavy atom. The van der Waals surface area contributed by atoms with Gasteiger partial charge in [-0.25, -0.2) is 9.78 Å². The Balaban J connectivity index is 2.04. The van der Waals surface area contributed by atoms with Gasteiger partial charge in [0.2, 0.25) is 0 Å². The van der Waals surface area contributed by atoms with Gasteiger partial charge in [0.25, 0.3) is 0 Å². The van der Waals surface area contributed by atoms with Crippen molar-refractivity contribution in [1.29, 1.82) is 0 Å². The van der Waals surface area contributed by atoms with E-state index in [1.54, 1.807) is 0 Å². The number of aromatic nitrogens is 1. The minimum atomic E-state index is -0.935. The molecule has 6 heteroatoms. The molecule has 1 aromatic heterocycles. The maximum absolute atomic E-state index is 10.7. The number of thiazole rings is 1. The summed E-state index contributed by atoms with van der Waals surface area (Å²) in [5.74, 6) is -0.935. The molecule has 1 atom stereocenters. The van der Waals surface area contributed by atoms with Gasteiger partial charge in [0, 0.05) is 6.61 Å². The van der Waals surface area contributed by atoms with Crippen LogP contribution in [0.3, 0.4) is 0 Å². The van der Waals surface area contributed by atoms with E-state index < -0.39 is 5.97 Å². The van der Waals surface area contributed by atoms with Gasteiger partial charge >= 0.3 is 5.97 Å². The van der Waals surface area contributed by atoms with Crippen molar-refractivity contribution in [1.82, 2.24) is 4.98 Å². The smallest absolute Gasteiger partial charge is 0.347 e. The number of nitrogens with zero attached hydrogens (tertiary/aromatic N) is 1. The number of hydrogen-bond acceptors (Lipinski definition) is 5. The van der Waals surface area contributed by atoms with Crippen molar-refractivity contribution < 1.29 is 14.6 Å². The molecule has 1 aliphatic heterocycles. The zero-order valence-corrected chi connectivity index (χ0v) is 9.84. The molecule has 0 saturated carbocycles. The molecule has 0 spiro atoms. The predicted octanol–water partition coefficient (Wildman–Crippen LogP) is 1.82. The zero-order valence-electron chi connectivity index (χ0n) is 9.02. The second-order valence-corrected chi connectivity index (χ2v) is 5.21. The SMILES string of the molecule is CC1(Nc2ncc(C(=O)O)s2)CCCOC1. The molecule has 0 radical (unpaired) electrons. The molecule has 2 N–H and O–H groups in total. The summed E-state index contributed by atoms with van der Waals surface area (Å²) in [4.78, 5) is 15.0. The Kier molecular flexibility index (Phi) is 3.11. The summed E-state index contributed by atoms with van der Waals surface area (Å²) in [7, 11) is 0. The Labute approximate surface area is 97.5 Å². The van der Waals surface area contributed by atoms with Crippen molar-refractivity contribution in [3.05, 3.63) is 11.1 Å². The average molecular weight is 242 g/mol. The zero-order chi connectivity index (χ0) is 11.6. The highest BCUT2D eigenvalue weighted by Gasteiger charge is 2.28. The van der Waals surface area contributed by atoms with Gasteiger partial charge in [0.15, 0.2) is 5.13 Å². The summed E-state index contributed by atoms with van der Waals surface area (Å²) >= 11 is 1.16. The summed E-state index contributed by atoms with van der Waals surface area (Å²) in [6, 6.07) is 0. The first-order chi connectivity index (χ1) is 7.59. The average Bonchev–Trinajstić information content (AvgIpc) is 2.66. The van der Waals surface area contributed by atoms with E-state index in [9.17, 15) is 4.79 Å². The maximum atomic E-state index is 10.7. The highest BCUT2D eigenvalue weighted by atomic mass is 32.1. The molecule has 0 amide bonds. The van der Waals surface area contributed by atoms with E-state index in [2.05, 4.69) is 17.2 Å². The fourth-order valence-corrected chi connectivity index (χ4v) is 2.53. The molecule has 1 aliphatic rings. The van der Waals surface area contributed by atoms with Crippen LogP contribution in [0.15, 0.2) is 6.20 Å². The molecule has 16 heavy (non-hydrogen) atoms. The molecule has 5 nitrogen and oxygen atoms in total. The van der Waals surface area contributed by atoms with Crippen molar-refractivity contribution in [2.45, 2.75) is 25.3 Å². The summed E-state index contributed by atoms with van der Waals surface area (Å²) in [6.07, 6.45) is 3.40. The maximum Gasteiger partial charge on any atom is 0.347 e.